The fourth-order valence-corrected chi connectivity index (χ4v) is 2.90. The molecule has 0 aliphatic rings. The molecule has 0 saturated heterocycles. The number of hydrogen-bond acceptors (Lipinski definition) is 6. The smallest absolute Gasteiger partial charge is 0.375 e. The number of carbonyl (C=O) groups is 2. The van der Waals surface area contributed by atoms with Crippen molar-refractivity contribution in [2.45, 2.75) is 32.9 Å². The lowest BCUT2D eigenvalue weighted by Crippen LogP contribution is -2.50. The maximum atomic E-state index is 12.7. The van der Waals surface area contributed by atoms with E-state index in [0.717, 1.165) is 5.39 Å². The van der Waals surface area contributed by atoms with Gasteiger partial charge in [-0.25, -0.2) is 4.79 Å². The number of nitrogens with one attached hydrogen (secondary N) is 1. The van der Waals surface area contributed by atoms with E-state index in [1.165, 1.54) is 0 Å². The van der Waals surface area contributed by atoms with Gasteiger partial charge >= 0.3 is 5.97 Å². The van der Waals surface area contributed by atoms with E-state index in [1.54, 1.807) is 19.1 Å². The van der Waals surface area contributed by atoms with Gasteiger partial charge in [-0.2, -0.15) is 5.26 Å². The summed E-state index contributed by atoms with van der Waals surface area (Å²) >= 11 is 0. The Morgan fingerprint density at radius 3 is 2.48 bits per heavy atom. The van der Waals surface area contributed by atoms with Crippen LogP contribution in [-0.2, 0) is 16.1 Å². The Labute approximate surface area is 180 Å². The number of rotatable bonds is 8. The van der Waals surface area contributed by atoms with E-state index in [4.69, 9.17) is 13.9 Å². The molecule has 0 aliphatic carbocycles. The number of hydrogen-bond donors (Lipinski definition) is 1. The van der Waals surface area contributed by atoms with Crippen LogP contribution in [0.25, 0.3) is 11.0 Å². The minimum Gasteiger partial charge on any atom is -0.489 e. The fourth-order valence-electron chi connectivity index (χ4n) is 2.90. The Morgan fingerprint density at radius 1 is 1.13 bits per heavy atom. The van der Waals surface area contributed by atoms with Crippen LogP contribution >= 0.6 is 0 Å². The fraction of sp³-hybridized carbons (Fsp3) is 0.292. The molecule has 0 aliphatic heterocycles. The van der Waals surface area contributed by atoms with Crippen LogP contribution in [0.5, 0.6) is 5.75 Å². The molecule has 1 heterocycles. The molecule has 3 rings (SSSR count). The van der Waals surface area contributed by atoms with E-state index in [0.29, 0.717) is 16.9 Å². The van der Waals surface area contributed by atoms with E-state index < -0.39 is 24.0 Å². The number of carbonyl (C=O) groups excluding carboxylic acids is 2. The van der Waals surface area contributed by atoms with Gasteiger partial charge in [0.1, 0.15) is 23.5 Å². The molecule has 31 heavy (non-hydrogen) atoms. The largest absolute Gasteiger partial charge is 0.489 e. The average molecular weight is 420 g/mol. The number of nitrogens with zero attached hydrogens (tertiary/aromatic N) is 1. The highest BCUT2D eigenvalue weighted by atomic mass is 16.5. The van der Waals surface area contributed by atoms with Crippen LogP contribution in [0.4, 0.5) is 0 Å². The maximum absolute atomic E-state index is 12.7. The molecule has 7 nitrogen and oxygen atoms in total. The van der Waals surface area contributed by atoms with Crippen LogP contribution in [0.2, 0.25) is 0 Å². The first-order chi connectivity index (χ1) is 14.8. The number of fused-ring (bicyclic) bond motifs is 1. The second kappa shape index (κ2) is 9.35. The van der Waals surface area contributed by atoms with Gasteiger partial charge in [-0.3, -0.25) is 4.79 Å². The van der Waals surface area contributed by atoms with E-state index in [2.05, 4.69) is 11.4 Å². The Bertz CT molecular complexity index is 1110. The standard InChI is InChI=1S/C24H24N2O5/c1-16(2)24(3,15-25)26-21(27)14-30-23(28)22-19(13-29-17-9-5-4-6-10-17)18-11-7-8-12-20(18)31-22/h4-12,16H,13-14H2,1-3H3,(H,26,27)/t24-/m0/s1. The van der Waals surface area contributed by atoms with Crippen LogP contribution in [0.1, 0.15) is 36.9 Å². The van der Waals surface area contributed by atoms with Gasteiger partial charge < -0.3 is 19.2 Å². The molecule has 1 amide bonds. The first-order valence-corrected chi connectivity index (χ1v) is 9.91. The minimum absolute atomic E-state index is 0.0168. The van der Waals surface area contributed by atoms with Gasteiger partial charge in [0, 0.05) is 5.39 Å². The summed E-state index contributed by atoms with van der Waals surface area (Å²) in [6.45, 7) is 4.83. The summed E-state index contributed by atoms with van der Waals surface area (Å²) in [5.74, 6) is -0.826. The normalized spacial score (nSPS) is 12.7. The third-order valence-corrected chi connectivity index (χ3v) is 5.13. The number of benzene rings is 2. The van der Waals surface area contributed by atoms with Crippen molar-refractivity contribution in [2.24, 2.45) is 5.92 Å². The zero-order valence-corrected chi connectivity index (χ0v) is 17.7. The maximum Gasteiger partial charge on any atom is 0.375 e. The van der Waals surface area contributed by atoms with Gasteiger partial charge in [-0.05, 0) is 31.0 Å². The summed E-state index contributed by atoms with van der Waals surface area (Å²) in [4.78, 5) is 24.9. The number of ether oxygens (including phenoxy) is 2. The molecular weight excluding hydrogens is 396 g/mol. The van der Waals surface area contributed by atoms with Gasteiger partial charge in [0.25, 0.3) is 5.91 Å². The number of esters is 1. The van der Waals surface area contributed by atoms with Crippen molar-refractivity contribution in [2.75, 3.05) is 6.61 Å². The predicted octanol–water partition coefficient (Wildman–Crippen LogP) is 4.22. The summed E-state index contributed by atoms with van der Waals surface area (Å²) < 4.78 is 16.7. The number of para-hydroxylation sites is 2. The lowest BCUT2D eigenvalue weighted by atomic mass is 9.90. The molecule has 0 radical (unpaired) electrons. The molecule has 0 fully saturated rings. The van der Waals surface area contributed by atoms with Crippen molar-refractivity contribution >= 4 is 22.8 Å². The molecule has 160 valence electrons. The molecule has 0 spiro atoms. The third kappa shape index (κ3) is 5.04. The molecule has 0 unspecified atom stereocenters. The number of nitriles is 1. The van der Waals surface area contributed by atoms with Crippen LogP contribution in [0.15, 0.2) is 59.0 Å². The van der Waals surface area contributed by atoms with Crippen LogP contribution in [0.3, 0.4) is 0 Å². The second-order valence-electron chi connectivity index (χ2n) is 7.60. The number of furan rings is 1. The molecule has 1 aromatic heterocycles. The van der Waals surface area contributed by atoms with Crippen LogP contribution in [0, 0.1) is 17.2 Å². The summed E-state index contributed by atoms with van der Waals surface area (Å²) in [6, 6.07) is 18.5. The topological polar surface area (TPSA) is 102 Å². The third-order valence-electron chi connectivity index (χ3n) is 5.13. The lowest BCUT2D eigenvalue weighted by Gasteiger charge is -2.27. The average Bonchev–Trinajstić information content (AvgIpc) is 3.15. The van der Waals surface area contributed by atoms with E-state index in [-0.39, 0.29) is 18.3 Å². The van der Waals surface area contributed by atoms with Crippen molar-refractivity contribution in [1.29, 1.82) is 5.26 Å². The number of amides is 1. The molecule has 0 bridgehead atoms. The Balaban J connectivity index is 1.74. The van der Waals surface area contributed by atoms with Gasteiger partial charge in [0.15, 0.2) is 6.61 Å². The van der Waals surface area contributed by atoms with Gasteiger partial charge in [-0.15, -0.1) is 0 Å². The summed E-state index contributed by atoms with van der Waals surface area (Å²) in [7, 11) is 0. The SMILES string of the molecule is CC(C)[C@](C)(C#N)NC(=O)COC(=O)c1oc2ccccc2c1COc1ccccc1. The minimum atomic E-state index is -1.06. The van der Waals surface area contributed by atoms with Gasteiger partial charge in [0.2, 0.25) is 5.76 Å². The lowest BCUT2D eigenvalue weighted by molar-refractivity contribution is -0.125. The van der Waals surface area contributed by atoms with Crippen LogP contribution < -0.4 is 10.1 Å². The highest BCUT2D eigenvalue weighted by Gasteiger charge is 2.31. The Kier molecular flexibility index (Phi) is 6.61. The van der Waals surface area contributed by atoms with E-state index in [1.807, 2.05) is 56.3 Å². The molecule has 1 atom stereocenters. The van der Waals surface area contributed by atoms with E-state index in [9.17, 15) is 14.9 Å². The second-order valence-corrected chi connectivity index (χ2v) is 7.60. The van der Waals surface area contributed by atoms with Crippen LogP contribution in [-0.4, -0.2) is 24.0 Å². The molecular formula is C24H24N2O5. The molecule has 1 N–H and O–H groups in total. The summed E-state index contributed by atoms with van der Waals surface area (Å²) in [5, 5.41) is 12.7. The quantitative estimate of drug-likeness (QED) is 0.548. The first kappa shape index (κ1) is 21.9. The highest BCUT2D eigenvalue weighted by Crippen LogP contribution is 2.28. The Morgan fingerprint density at radius 2 is 1.81 bits per heavy atom. The van der Waals surface area contributed by atoms with E-state index >= 15 is 0 Å². The van der Waals surface area contributed by atoms with Gasteiger partial charge in [0.05, 0.1) is 11.6 Å². The molecule has 3 aromatic rings. The van der Waals surface area contributed by atoms with Crippen molar-refractivity contribution in [3.05, 3.63) is 65.9 Å². The molecule has 0 saturated carbocycles. The zero-order chi connectivity index (χ0) is 22.4. The van der Waals surface area contributed by atoms with Crippen molar-refractivity contribution in [1.82, 2.24) is 5.32 Å². The van der Waals surface area contributed by atoms with Crippen molar-refractivity contribution in [3.8, 4) is 11.8 Å². The molecule has 7 heteroatoms. The first-order valence-electron chi connectivity index (χ1n) is 9.91. The predicted molar refractivity (Wildman–Crippen MR) is 114 cm³/mol. The monoisotopic (exact) mass is 420 g/mol. The van der Waals surface area contributed by atoms with Gasteiger partial charge in [-0.1, -0.05) is 50.2 Å². The zero-order valence-electron chi connectivity index (χ0n) is 17.7. The summed E-state index contributed by atoms with van der Waals surface area (Å²) in [5.41, 5.74) is -0.00584. The van der Waals surface area contributed by atoms with Crippen molar-refractivity contribution in [3.63, 3.8) is 0 Å². The Hall–Kier alpha value is -3.79. The van der Waals surface area contributed by atoms with Crippen molar-refractivity contribution < 1.29 is 23.5 Å². The summed E-state index contributed by atoms with van der Waals surface area (Å²) in [6.07, 6.45) is 0. The molecule has 2 aromatic carbocycles. The highest BCUT2D eigenvalue weighted by molar-refractivity contribution is 5.97.